The second-order valence-corrected chi connectivity index (χ2v) is 13.6. The molecule has 11 heteroatoms. The zero-order valence-corrected chi connectivity index (χ0v) is 27.6. The fourth-order valence-corrected chi connectivity index (χ4v) is 7.58. The van der Waals surface area contributed by atoms with E-state index in [4.69, 9.17) is 16.6 Å². The van der Waals surface area contributed by atoms with Gasteiger partial charge >= 0.3 is 6.03 Å². The van der Waals surface area contributed by atoms with Gasteiger partial charge in [-0.1, -0.05) is 44.4 Å². The van der Waals surface area contributed by atoms with Crippen LogP contribution in [0.5, 0.6) is 0 Å². The molecule has 3 aliphatic rings. The minimum Gasteiger partial charge on any atom is -0.354 e. The molecule has 2 aromatic heterocycles. The molecule has 0 spiro atoms. The molecule has 1 aliphatic heterocycles. The third-order valence-corrected chi connectivity index (χ3v) is 10.0. The third-order valence-electron chi connectivity index (χ3n) is 9.36. The van der Waals surface area contributed by atoms with Crippen LogP contribution in [0.25, 0.3) is 0 Å². The maximum absolute atomic E-state index is 13.9. The maximum atomic E-state index is 13.9. The van der Waals surface area contributed by atoms with Crippen molar-refractivity contribution in [2.24, 2.45) is 0 Å². The molecule has 9 nitrogen and oxygen atoms in total. The van der Waals surface area contributed by atoms with Crippen LogP contribution in [-0.2, 0) is 24.2 Å². The molecule has 242 valence electrons. The van der Waals surface area contributed by atoms with Crippen LogP contribution in [0.3, 0.4) is 0 Å². The molecule has 0 bridgehead atoms. The lowest BCUT2D eigenvalue weighted by Gasteiger charge is -2.44. The Labute approximate surface area is 280 Å². The minimum atomic E-state index is -0.625. The van der Waals surface area contributed by atoms with Crippen molar-refractivity contribution in [3.8, 4) is 0 Å². The number of carbonyl (C=O) groups is 2. The molecule has 3 amide bonds. The first-order chi connectivity index (χ1) is 21.4. The second kappa shape index (κ2) is 15.1. The first kappa shape index (κ1) is 33.4. The number of nitrogens with zero attached hydrogens (tertiary/aromatic N) is 5. The topological polar surface area (TPSA) is 95.4 Å². The van der Waals surface area contributed by atoms with Gasteiger partial charge in [0.25, 0.3) is 0 Å². The van der Waals surface area contributed by atoms with E-state index in [9.17, 15) is 9.59 Å². The fraction of sp³-hybridized carbons (Fsp3) is 0.529. The monoisotopic (exact) mass is 697 g/mol. The number of halogens is 2. The predicted octanol–water partition coefficient (Wildman–Crippen LogP) is 6.06. The molecule has 2 aliphatic carbocycles. The Bertz CT molecular complexity index is 1440. The molecule has 1 aromatic carbocycles. The Hall–Kier alpha value is -2.95. The number of benzene rings is 1. The van der Waals surface area contributed by atoms with Gasteiger partial charge in [-0.3, -0.25) is 14.7 Å². The average molecular weight is 699 g/mol. The van der Waals surface area contributed by atoms with Crippen molar-refractivity contribution in [3.63, 3.8) is 0 Å². The van der Waals surface area contributed by atoms with Crippen molar-refractivity contribution >= 4 is 39.5 Å². The van der Waals surface area contributed by atoms with E-state index < -0.39 is 6.04 Å². The average Bonchev–Trinajstić information content (AvgIpc) is 3.37. The number of hydrogen-bond donors (Lipinski definition) is 2. The van der Waals surface area contributed by atoms with Crippen LogP contribution in [0.2, 0.25) is 5.02 Å². The van der Waals surface area contributed by atoms with Crippen LogP contribution in [0, 0.1) is 6.92 Å². The Morgan fingerprint density at radius 1 is 1.07 bits per heavy atom. The summed E-state index contributed by atoms with van der Waals surface area (Å²) in [6, 6.07) is 7.53. The fourth-order valence-electron chi connectivity index (χ4n) is 7.01. The lowest BCUT2D eigenvalue weighted by molar-refractivity contribution is -0.127. The zero-order chi connectivity index (χ0) is 30.6. The summed E-state index contributed by atoms with van der Waals surface area (Å²) in [7, 11) is 0. The van der Waals surface area contributed by atoms with Crippen LogP contribution < -0.4 is 10.6 Å². The highest BCUT2D eigenvalue weighted by Crippen LogP contribution is 2.38. The predicted molar refractivity (Wildman–Crippen MR) is 181 cm³/mol. The lowest BCUT2D eigenvalue weighted by atomic mass is 9.95. The van der Waals surface area contributed by atoms with Gasteiger partial charge in [0.2, 0.25) is 5.91 Å². The van der Waals surface area contributed by atoms with Gasteiger partial charge in [0, 0.05) is 66.9 Å². The number of pyridine rings is 1. The van der Waals surface area contributed by atoms with Crippen molar-refractivity contribution in [1.82, 2.24) is 35.0 Å². The van der Waals surface area contributed by atoms with E-state index in [-0.39, 0.29) is 31.4 Å². The molecule has 3 aromatic rings. The van der Waals surface area contributed by atoms with Crippen molar-refractivity contribution in [2.75, 3.05) is 26.2 Å². The first-order valence-electron chi connectivity index (χ1n) is 15.9. The number of amides is 3. The van der Waals surface area contributed by atoms with Crippen molar-refractivity contribution in [3.05, 3.63) is 80.6 Å². The van der Waals surface area contributed by atoms with Crippen LogP contribution in [0.15, 0.2) is 47.3 Å². The van der Waals surface area contributed by atoms with Gasteiger partial charge in [-0.2, -0.15) is 0 Å². The summed E-state index contributed by atoms with van der Waals surface area (Å²) in [5, 5.41) is 7.13. The van der Waals surface area contributed by atoms with Crippen molar-refractivity contribution in [2.45, 2.75) is 90.4 Å². The molecule has 45 heavy (non-hydrogen) atoms. The number of piperazine rings is 1. The highest BCUT2D eigenvalue weighted by Gasteiger charge is 2.40. The summed E-state index contributed by atoms with van der Waals surface area (Å²) in [4.78, 5) is 40.9. The van der Waals surface area contributed by atoms with E-state index in [1.807, 2.05) is 25.4 Å². The SMILES string of the molecule is C.Cc1nccn1CCCNC(=O)[C@H]1CN(C2c3ccc(Cl)cc3CCc3cc(Br)cnc32)CCN1C(=O)NC1CCCCC1. The number of rotatable bonds is 7. The van der Waals surface area contributed by atoms with Crippen LogP contribution in [-0.4, -0.2) is 74.5 Å². The van der Waals surface area contributed by atoms with Crippen LogP contribution in [0.1, 0.15) is 80.2 Å². The number of urea groups is 1. The Balaban J connectivity index is 0.00000400. The number of hydrogen-bond acceptors (Lipinski definition) is 5. The number of aromatic nitrogens is 3. The molecule has 2 N–H and O–H groups in total. The minimum absolute atomic E-state index is 0. The van der Waals surface area contributed by atoms with Gasteiger partial charge in [0.05, 0.1) is 11.7 Å². The normalized spacial score (nSPS) is 20.4. The highest BCUT2D eigenvalue weighted by molar-refractivity contribution is 9.10. The smallest absolute Gasteiger partial charge is 0.318 e. The number of fused-ring (bicyclic) bond motifs is 2. The third kappa shape index (κ3) is 7.72. The summed E-state index contributed by atoms with van der Waals surface area (Å²) in [6.45, 7) is 4.77. The molecule has 1 saturated heterocycles. The van der Waals surface area contributed by atoms with E-state index >= 15 is 0 Å². The van der Waals surface area contributed by atoms with E-state index in [1.165, 1.54) is 17.5 Å². The molecule has 1 unspecified atom stereocenters. The van der Waals surface area contributed by atoms with E-state index in [0.717, 1.165) is 78.1 Å². The maximum Gasteiger partial charge on any atom is 0.318 e. The van der Waals surface area contributed by atoms with Gasteiger partial charge < -0.3 is 20.1 Å². The number of aryl methyl sites for hydroxylation is 4. The van der Waals surface area contributed by atoms with Gasteiger partial charge in [-0.15, -0.1) is 0 Å². The van der Waals surface area contributed by atoms with Crippen molar-refractivity contribution in [1.29, 1.82) is 0 Å². The summed E-state index contributed by atoms with van der Waals surface area (Å²) < 4.78 is 3.03. The molecule has 3 heterocycles. The zero-order valence-electron chi connectivity index (χ0n) is 25.3. The van der Waals surface area contributed by atoms with Gasteiger partial charge in [-0.05, 0) is 89.8 Å². The summed E-state index contributed by atoms with van der Waals surface area (Å²) in [6.07, 6.45) is 13.6. The largest absolute Gasteiger partial charge is 0.354 e. The molecule has 2 fully saturated rings. The van der Waals surface area contributed by atoms with Crippen LogP contribution in [0.4, 0.5) is 4.79 Å². The molecular formula is C34H45BrClN7O2. The van der Waals surface area contributed by atoms with Gasteiger partial charge in [0.15, 0.2) is 0 Å². The van der Waals surface area contributed by atoms with E-state index in [2.05, 4.69) is 59.2 Å². The van der Waals surface area contributed by atoms with Gasteiger partial charge in [0.1, 0.15) is 11.9 Å². The number of nitrogens with one attached hydrogen (secondary N) is 2. The highest BCUT2D eigenvalue weighted by atomic mass is 79.9. The standard InChI is InChI=1S/C33H41BrClN7O2.CH4/c1-22-36-13-15-40(22)14-5-12-37-32(43)29-21-41(16-17-42(29)33(44)39-27-6-3-2-4-7-27)31-28-11-10-26(35)19-23(28)8-9-24-18-25(34)20-38-30(24)31;/h10-11,13,15,18-20,27,29,31H,2-9,12,14,16-17,21H2,1H3,(H,37,43)(H,39,44);1H4/t29-,31?;/m1./s1. The van der Waals surface area contributed by atoms with Crippen molar-refractivity contribution < 1.29 is 9.59 Å². The van der Waals surface area contributed by atoms with Gasteiger partial charge in [-0.25, -0.2) is 9.78 Å². The first-order valence-corrected chi connectivity index (χ1v) is 17.0. The molecule has 0 radical (unpaired) electrons. The summed E-state index contributed by atoms with van der Waals surface area (Å²) >= 11 is 10.1. The Kier molecular flexibility index (Phi) is 11.2. The Morgan fingerprint density at radius 3 is 2.64 bits per heavy atom. The molecule has 1 saturated carbocycles. The van der Waals surface area contributed by atoms with Crippen LogP contribution >= 0.6 is 27.5 Å². The molecule has 6 rings (SSSR count). The number of carbonyl (C=O) groups excluding carboxylic acids is 2. The lowest BCUT2D eigenvalue weighted by Crippen LogP contribution is -2.63. The molecular weight excluding hydrogens is 654 g/mol. The quantitative estimate of drug-likeness (QED) is 0.293. The Morgan fingerprint density at radius 2 is 1.87 bits per heavy atom. The molecule has 2 atom stereocenters. The second-order valence-electron chi connectivity index (χ2n) is 12.2. The summed E-state index contributed by atoms with van der Waals surface area (Å²) in [5.74, 6) is 0.834. The van der Waals surface area contributed by atoms with E-state index in [1.54, 1.807) is 11.1 Å². The number of imidazole rings is 1. The van der Waals surface area contributed by atoms with E-state index in [0.29, 0.717) is 26.2 Å². The summed E-state index contributed by atoms with van der Waals surface area (Å²) in [5.41, 5.74) is 4.55.